The number of anilines is 4. The van der Waals surface area contributed by atoms with E-state index < -0.39 is 17.6 Å². The first kappa shape index (κ1) is 23.3. The van der Waals surface area contributed by atoms with Gasteiger partial charge in [0.15, 0.2) is 0 Å². The Balaban J connectivity index is 1.65. The molecule has 0 radical (unpaired) electrons. The Labute approximate surface area is 193 Å². The number of hydrogen-bond donors (Lipinski definition) is 4. The number of carbonyl (C=O) groups excluding carboxylic acids is 1. The van der Waals surface area contributed by atoms with Crippen LogP contribution in [0.2, 0.25) is 0 Å². The molecule has 0 saturated carbocycles. The maximum atomic E-state index is 13.4. The number of hydrogen-bond acceptors (Lipinski definition) is 7. The van der Waals surface area contributed by atoms with Crippen molar-refractivity contribution in [3.8, 4) is 5.75 Å². The van der Waals surface area contributed by atoms with Gasteiger partial charge in [0, 0.05) is 12.2 Å². The second-order valence-electron chi connectivity index (χ2n) is 7.72. The summed E-state index contributed by atoms with van der Waals surface area (Å²) < 4.78 is 45.7. The minimum absolute atomic E-state index is 0.0435. The van der Waals surface area contributed by atoms with Crippen molar-refractivity contribution in [2.45, 2.75) is 25.1 Å². The average molecular weight is 472 g/mol. The van der Waals surface area contributed by atoms with Crippen molar-refractivity contribution in [2.24, 2.45) is 5.73 Å². The number of aromatic nitrogens is 2. The highest BCUT2D eigenvalue weighted by atomic mass is 19.4. The summed E-state index contributed by atoms with van der Waals surface area (Å²) in [5.41, 5.74) is 5.69. The highest BCUT2D eigenvalue weighted by molar-refractivity contribution is 5.98. The lowest BCUT2D eigenvalue weighted by molar-refractivity contribution is -0.136. The molecule has 34 heavy (non-hydrogen) atoms. The molecule has 1 aromatic heterocycles. The molecule has 11 heteroatoms. The van der Waals surface area contributed by atoms with Gasteiger partial charge >= 0.3 is 6.18 Å². The topological polar surface area (TPSA) is 114 Å². The lowest BCUT2D eigenvalue weighted by atomic mass is 10.0. The van der Waals surface area contributed by atoms with Crippen molar-refractivity contribution < 1.29 is 22.7 Å². The van der Waals surface area contributed by atoms with Crippen LogP contribution in [0.3, 0.4) is 0 Å². The molecule has 1 fully saturated rings. The fourth-order valence-electron chi connectivity index (χ4n) is 3.80. The number of carbonyl (C=O) groups is 1. The average Bonchev–Trinajstić information content (AvgIpc) is 3.34. The molecule has 3 aromatic rings. The van der Waals surface area contributed by atoms with E-state index in [-0.39, 0.29) is 29.1 Å². The van der Waals surface area contributed by atoms with Gasteiger partial charge in [0.05, 0.1) is 24.0 Å². The second-order valence-corrected chi connectivity index (χ2v) is 7.72. The lowest BCUT2D eigenvalue weighted by Gasteiger charge is -2.17. The third kappa shape index (κ3) is 5.04. The standard InChI is InChI=1S/C23H23F3N6O2/c1-34-19-11-13(16-7-4-10-28-16)8-9-18(19)31-22-29-12-14(20(27)33)21(32-22)30-17-6-3-2-5-15(17)23(24,25)26/h2-3,5-6,8-9,11-12,16,28H,4,7,10H2,1H3,(H2,27,33)(H2,29,30,31,32). The summed E-state index contributed by atoms with van der Waals surface area (Å²) in [5, 5.41) is 9.00. The summed E-state index contributed by atoms with van der Waals surface area (Å²) in [6, 6.07) is 10.8. The highest BCUT2D eigenvalue weighted by Gasteiger charge is 2.33. The van der Waals surface area contributed by atoms with Crippen molar-refractivity contribution >= 4 is 29.0 Å². The molecular weight excluding hydrogens is 449 g/mol. The molecule has 1 amide bonds. The fourth-order valence-corrected chi connectivity index (χ4v) is 3.80. The minimum Gasteiger partial charge on any atom is -0.495 e. The molecule has 1 aliphatic heterocycles. The molecule has 178 valence electrons. The number of para-hydroxylation sites is 1. The molecule has 4 rings (SSSR count). The van der Waals surface area contributed by atoms with Gasteiger partial charge < -0.3 is 26.4 Å². The first-order valence-corrected chi connectivity index (χ1v) is 10.5. The Morgan fingerprint density at radius 1 is 1.18 bits per heavy atom. The van der Waals surface area contributed by atoms with E-state index in [1.54, 1.807) is 0 Å². The Bertz CT molecular complexity index is 1200. The van der Waals surface area contributed by atoms with Crippen molar-refractivity contribution in [3.05, 3.63) is 65.4 Å². The third-order valence-electron chi connectivity index (χ3n) is 5.47. The molecule has 0 spiro atoms. The van der Waals surface area contributed by atoms with Gasteiger partial charge in [-0.3, -0.25) is 4.79 Å². The summed E-state index contributed by atoms with van der Waals surface area (Å²) in [6.07, 6.45) is -1.32. The molecule has 5 N–H and O–H groups in total. The number of benzene rings is 2. The molecule has 1 unspecified atom stereocenters. The van der Waals surface area contributed by atoms with Crippen LogP contribution in [0.5, 0.6) is 5.75 Å². The quantitative estimate of drug-likeness (QED) is 0.400. The number of alkyl halides is 3. The van der Waals surface area contributed by atoms with Crippen LogP contribution < -0.4 is 26.4 Å². The molecule has 1 aliphatic rings. The number of halogens is 3. The number of nitrogens with zero attached hydrogens (tertiary/aromatic N) is 2. The minimum atomic E-state index is -4.60. The molecule has 8 nitrogen and oxygen atoms in total. The van der Waals surface area contributed by atoms with Crippen molar-refractivity contribution in [1.29, 1.82) is 0 Å². The number of amides is 1. The number of rotatable bonds is 7. The zero-order chi connectivity index (χ0) is 24.3. The van der Waals surface area contributed by atoms with Crippen molar-refractivity contribution in [1.82, 2.24) is 15.3 Å². The third-order valence-corrected chi connectivity index (χ3v) is 5.47. The normalized spacial score (nSPS) is 15.7. The van der Waals surface area contributed by atoms with E-state index in [1.165, 1.54) is 25.3 Å². The summed E-state index contributed by atoms with van der Waals surface area (Å²) in [4.78, 5) is 20.2. The lowest BCUT2D eigenvalue weighted by Crippen LogP contribution is -2.17. The van der Waals surface area contributed by atoms with E-state index in [1.807, 2.05) is 18.2 Å². The Morgan fingerprint density at radius 2 is 1.97 bits per heavy atom. The zero-order valence-electron chi connectivity index (χ0n) is 18.2. The van der Waals surface area contributed by atoms with Crippen LogP contribution in [0.25, 0.3) is 0 Å². The highest BCUT2D eigenvalue weighted by Crippen LogP contribution is 2.37. The van der Waals surface area contributed by atoms with E-state index in [4.69, 9.17) is 10.5 Å². The van der Waals surface area contributed by atoms with Crippen LogP contribution in [-0.4, -0.2) is 29.5 Å². The van der Waals surface area contributed by atoms with Gasteiger partial charge in [0.1, 0.15) is 17.1 Å². The number of nitrogens with two attached hydrogens (primary N) is 1. The molecule has 2 heterocycles. The summed E-state index contributed by atoms with van der Waals surface area (Å²) in [5.74, 6) is -0.454. The van der Waals surface area contributed by atoms with Gasteiger partial charge in [0.25, 0.3) is 5.91 Å². The van der Waals surface area contributed by atoms with E-state index in [0.717, 1.165) is 37.2 Å². The zero-order valence-corrected chi connectivity index (χ0v) is 18.2. The van der Waals surface area contributed by atoms with E-state index in [0.29, 0.717) is 11.4 Å². The number of nitrogens with one attached hydrogen (secondary N) is 3. The maximum Gasteiger partial charge on any atom is 0.418 e. The Morgan fingerprint density at radius 3 is 2.65 bits per heavy atom. The summed E-state index contributed by atoms with van der Waals surface area (Å²) in [6.45, 7) is 0.959. The van der Waals surface area contributed by atoms with Gasteiger partial charge in [0.2, 0.25) is 5.95 Å². The first-order valence-electron chi connectivity index (χ1n) is 10.5. The van der Waals surface area contributed by atoms with E-state index in [9.17, 15) is 18.0 Å². The van der Waals surface area contributed by atoms with Gasteiger partial charge in [-0.05, 0) is 49.2 Å². The number of primary amides is 1. The monoisotopic (exact) mass is 472 g/mol. The summed E-state index contributed by atoms with van der Waals surface area (Å²) in [7, 11) is 1.53. The molecule has 1 saturated heterocycles. The Kier molecular flexibility index (Phi) is 6.55. The largest absolute Gasteiger partial charge is 0.495 e. The molecule has 0 bridgehead atoms. The van der Waals surface area contributed by atoms with Crippen LogP contribution in [-0.2, 0) is 6.18 Å². The van der Waals surface area contributed by atoms with Crippen LogP contribution in [0.15, 0.2) is 48.7 Å². The van der Waals surface area contributed by atoms with Crippen molar-refractivity contribution in [3.63, 3.8) is 0 Å². The fraction of sp³-hybridized carbons (Fsp3) is 0.261. The molecule has 2 aromatic carbocycles. The predicted molar refractivity (Wildman–Crippen MR) is 122 cm³/mol. The van der Waals surface area contributed by atoms with Crippen LogP contribution in [0, 0.1) is 0 Å². The number of ether oxygens (including phenoxy) is 1. The van der Waals surface area contributed by atoms with Gasteiger partial charge in [-0.1, -0.05) is 18.2 Å². The molecular formula is C23H23F3N6O2. The Hall–Kier alpha value is -3.86. The van der Waals surface area contributed by atoms with E-state index in [2.05, 4.69) is 25.9 Å². The van der Waals surface area contributed by atoms with Crippen LogP contribution >= 0.6 is 0 Å². The molecule has 0 aliphatic carbocycles. The van der Waals surface area contributed by atoms with Gasteiger partial charge in [-0.2, -0.15) is 18.2 Å². The maximum absolute atomic E-state index is 13.4. The van der Waals surface area contributed by atoms with Crippen LogP contribution in [0.1, 0.15) is 40.4 Å². The number of methoxy groups -OCH3 is 1. The smallest absolute Gasteiger partial charge is 0.418 e. The predicted octanol–water partition coefficient (Wildman–Crippen LogP) is 4.51. The summed E-state index contributed by atoms with van der Waals surface area (Å²) >= 11 is 0. The van der Waals surface area contributed by atoms with Gasteiger partial charge in [-0.25, -0.2) is 4.98 Å². The molecule has 1 atom stereocenters. The first-order chi connectivity index (χ1) is 16.3. The van der Waals surface area contributed by atoms with E-state index >= 15 is 0 Å². The van der Waals surface area contributed by atoms with Crippen molar-refractivity contribution in [2.75, 3.05) is 24.3 Å². The van der Waals surface area contributed by atoms with Gasteiger partial charge in [-0.15, -0.1) is 0 Å². The van der Waals surface area contributed by atoms with Crippen LogP contribution in [0.4, 0.5) is 36.3 Å². The second kappa shape index (κ2) is 9.56. The SMILES string of the molecule is COc1cc(C2CCCN2)ccc1Nc1ncc(C(N)=O)c(Nc2ccccc2C(F)(F)F)n1.